The molecule has 1 amide bonds. The Hall–Kier alpha value is -1.27. The van der Waals surface area contributed by atoms with E-state index in [1.54, 1.807) is 6.07 Å². The Morgan fingerprint density at radius 1 is 1.05 bits per heavy atom. The molecule has 0 bridgehead atoms. The van der Waals surface area contributed by atoms with Crippen LogP contribution in [-0.4, -0.2) is 17.0 Å². The number of benzene rings is 1. The quantitative estimate of drug-likeness (QED) is 0.846. The maximum Gasteiger partial charge on any atom is 0.339 e. The first-order valence-corrected chi connectivity index (χ1v) is 7.13. The molecule has 0 radical (unpaired) electrons. The molecule has 0 unspecified atom stereocenters. The average molecular weight is 351 g/mol. The van der Waals surface area contributed by atoms with Crippen LogP contribution in [0.4, 0.5) is 5.69 Å². The first-order chi connectivity index (χ1) is 9.40. The van der Waals surface area contributed by atoms with Gasteiger partial charge in [-0.1, -0.05) is 34.8 Å². The molecular weight excluding hydrogens is 345 g/mol. The minimum absolute atomic E-state index is 0.0126. The summed E-state index contributed by atoms with van der Waals surface area (Å²) >= 11 is 18.6. The number of aromatic carboxylic acids is 1. The second-order valence-electron chi connectivity index (χ2n) is 3.64. The molecule has 0 aliphatic heterocycles. The predicted molar refractivity (Wildman–Crippen MR) is 80.7 cm³/mol. The summed E-state index contributed by atoms with van der Waals surface area (Å²) in [5.41, 5.74) is -0.295. The molecule has 2 rings (SSSR count). The number of carboxylic acid groups (broad SMARTS) is 1. The summed E-state index contributed by atoms with van der Waals surface area (Å²) in [7, 11) is 0. The molecule has 0 atom stereocenters. The Bertz CT molecular complexity index is 699. The van der Waals surface area contributed by atoms with E-state index < -0.39 is 11.9 Å². The molecule has 4 nitrogen and oxygen atoms in total. The molecule has 0 saturated heterocycles. The van der Waals surface area contributed by atoms with Gasteiger partial charge in [-0.25, -0.2) is 4.79 Å². The Morgan fingerprint density at radius 3 is 2.25 bits per heavy atom. The SMILES string of the molecule is O=C(Nc1c(Cl)ccc(Cl)c1C(=O)O)c1ccc(Cl)s1. The first kappa shape index (κ1) is 15.1. The fraction of sp³-hybridized carbons (Fsp3) is 0. The monoisotopic (exact) mass is 349 g/mol. The van der Waals surface area contributed by atoms with E-state index >= 15 is 0 Å². The van der Waals surface area contributed by atoms with Crippen molar-refractivity contribution in [2.75, 3.05) is 5.32 Å². The van der Waals surface area contributed by atoms with Crippen LogP contribution >= 0.6 is 46.1 Å². The van der Waals surface area contributed by atoms with Gasteiger partial charge in [-0.3, -0.25) is 4.79 Å². The van der Waals surface area contributed by atoms with Gasteiger partial charge in [-0.05, 0) is 24.3 Å². The third kappa shape index (κ3) is 3.07. The summed E-state index contributed by atoms with van der Waals surface area (Å²) in [6.07, 6.45) is 0. The van der Waals surface area contributed by atoms with Gasteiger partial charge in [0.15, 0.2) is 0 Å². The second kappa shape index (κ2) is 6.01. The summed E-state index contributed by atoms with van der Waals surface area (Å²) in [6.45, 7) is 0. The number of amides is 1. The number of rotatable bonds is 3. The lowest BCUT2D eigenvalue weighted by Gasteiger charge is -2.11. The van der Waals surface area contributed by atoms with Gasteiger partial charge in [0, 0.05) is 0 Å². The molecule has 1 aromatic heterocycles. The zero-order valence-electron chi connectivity index (χ0n) is 9.62. The van der Waals surface area contributed by atoms with Gasteiger partial charge < -0.3 is 10.4 Å². The molecule has 1 aromatic carbocycles. The fourth-order valence-corrected chi connectivity index (χ4v) is 2.88. The largest absolute Gasteiger partial charge is 0.478 e. The molecule has 0 aliphatic carbocycles. The lowest BCUT2D eigenvalue weighted by molar-refractivity contribution is 0.0698. The molecule has 0 saturated carbocycles. The highest BCUT2D eigenvalue weighted by Crippen LogP contribution is 2.33. The van der Waals surface area contributed by atoms with Crippen LogP contribution in [0.2, 0.25) is 14.4 Å². The lowest BCUT2D eigenvalue weighted by atomic mass is 10.1. The predicted octanol–water partition coefficient (Wildman–Crippen LogP) is 4.66. The van der Waals surface area contributed by atoms with Crippen LogP contribution < -0.4 is 5.32 Å². The molecule has 2 aromatic rings. The summed E-state index contributed by atoms with van der Waals surface area (Å²) in [4.78, 5) is 23.6. The third-order valence-electron chi connectivity index (χ3n) is 2.35. The van der Waals surface area contributed by atoms with Crippen LogP contribution in [0.3, 0.4) is 0 Å². The summed E-state index contributed by atoms with van der Waals surface area (Å²) in [5.74, 6) is -1.79. The normalized spacial score (nSPS) is 10.3. The number of nitrogens with one attached hydrogen (secondary N) is 1. The zero-order chi connectivity index (χ0) is 14.9. The molecular formula is C12H6Cl3NO3S. The van der Waals surface area contributed by atoms with E-state index in [1.807, 2.05) is 0 Å². The van der Waals surface area contributed by atoms with Crippen LogP contribution in [-0.2, 0) is 0 Å². The van der Waals surface area contributed by atoms with E-state index in [0.29, 0.717) is 9.21 Å². The topological polar surface area (TPSA) is 66.4 Å². The number of carbonyl (C=O) groups is 2. The molecule has 0 fully saturated rings. The van der Waals surface area contributed by atoms with E-state index in [1.165, 1.54) is 18.2 Å². The van der Waals surface area contributed by atoms with Crippen LogP contribution in [0.15, 0.2) is 24.3 Å². The second-order valence-corrected chi connectivity index (χ2v) is 6.17. The maximum atomic E-state index is 12.0. The van der Waals surface area contributed by atoms with Crippen LogP contribution in [0.1, 0.15) is 20.0 Å². The van der Waals surface area contributed by atoms with E-state index in [0.717, 1.165) is 11.3 Å². The van der Waals surface area contributed by atoms with Crippen molar-refractivity contribution in [3.05, 3.63) is 49.1 Å². The molecule has 0 spiro atoms. The molecule has 104 valence electrons. The lowest BCUT2D eigenvalue weighted by Crippen LogP contribution is -2.14. The number of thiophene rings is 1. The Labute approximate surface area is 132 Å². The highest BCUT2D eigenvalue weighted by molar-refractivity contribution is 7.18. The van der Waals surface area contributed by atoms with Gasteiger partial charge in [-0.15, -0.1) is 11.3 Å². The van der Waals surface area contributed by atoms with E-state index in [4.69, 9.17) is 39.9 Å². The molecule has 20 heavy (non-hydrogen) atoms. The highest BCUT2D eigenvalue weighted by Gasteiger charge is 2.20. The number of carboxylic acids is 1. The van der Waals surface area contributed by atoms with Crippen molar-refractivity contribution in [2.45, 2.75) is 0 Å². The van der Waals surface area contributed by atoms with E-state index in [-0.39, 0.29) is 21.3 Å². The van der Waals surface area contributed by atoms with Gasteiger partial charge in [0.2, 0.25) is 0 Å². The number of hydrogen-bond acceptors (Lipinski definition) is 3. The van der Waals surface area contributed by atoms with Crippen molar-refractivity contribution in [1.82, 2.24) is 0 Å². The average Bonchev–Trinajstić information content (AvgIpc) is 2.80. The zero-order valence-corrected chi connectivity index (χ0v) is 12.7. The smallest absolute Gasteiger partial charge is 0.339 e. The van der Waals surface area contributed by atoms with Crippen molar-refractivity contribution in [3.63, 3.8) is 0 Å². The first-order valence-electron chi connectivity index (χ1n) is 5.18. The summed E-state index contributed by atoms with van der Waals surface area (Å²) in [6, 6.07) is 5.86. The Kier molecular flexibility index (Phi) is 4.55. The fourth-order valence-electron chi connectivity index (χ4n) is 1.49. The third-order valence-corrected chi connectivity index (χ3v) is 4.21. The van der Waals surface area contributed by atoms with E-state index in [9.17, 15) is 9.59 Å². The minimum Gasteiger partial charge on any atom is -0.478 e. The highest BCUT2D eigenvalue weighted by atomic mass is 35.5. The van der Waals surface area contributed by atoms with Crippen molar-refractivity contribution >= 4 is 63.7 Å². The van der Waals surface area contributed by atoms with Gasteiger partial charge in [0.1, 0.15) is 5.56 Å². The van der Waals surface area contributed by atoms with Gasteiger partial charge in [-0.2, -0.15) is 0 Å². The summed E-state index contributed by atoms with van der Waals surface area (Å²) < 4.78 is 0.450. The van der Waals surface area contributed by atoms with Crippen molar-refractivity contribution in [1.29, 1.82) is 0 Å². The Morgan fingerprint density at radius 2 is 1.70 bits per heavy atom. The molecule has 1 heterocycles. The van der Waals surface area contributed by atoms with Crippen LogP contribution in [0.25, 0.3) is 0 Å². The van der Waals surface area contributed by atoms with E-state index in [2.05, 4.69) is 5.32 Å². The number of carbonyl (C=O) groups excluding carboxylic acids is 1. The minimum atomic E-state index is -1.28. The van der Waals surface area contributed by atoms with Gasteiger partial charge in [0.25, 0.3) is 5.91 Å². The maximum absolute atomic E-state index is 12.0. The molecule has 2 N–H and O–H groups in total. The number of hydrogen-bond donors (Lipinski definition) is 2. The Balaban J connectivity index is 2.41. The van der Waals surface area contributed by atoms with Crippen molar-refractivity contribution in [3.8, 4) is 0 Å². The van der Waals surface area contributed by atoms with Crippen molar-refractivity contribution in [2.24, 2.45) is 0 Å². The molecule has 0 aliphatic rings. The van der Waals surface area contributed by atoms with Crippen LogP contribution in [0, 0.1) is 0 Å². The van der Waals surface area contributed by atoms with Gasteiger partial charge >= 0.3 is 5.97 Å². The summed E-state index contributed by atoms with van der Waals surface area (Å²) in [5, 5.41) is 11.7. The number of halogens is 3. The van der Waals surface area contributed by atoms with Crippen molar-refractivity contribution < 1.29 is 14.7 Å². The molecule has 8 heteroatoms. The standard InChI is InChI=1S/C12H6Cl3NO3S/c13-5-1-2-6(14)10(9(5)12(18)19)16-11(17)7-3-4-8(15)20-7/h1-4H,(H,16,17)(H,18,19). The number of anilines is 1. The van der Waals surface area contributed by atoms with Gasteiger partial charge in [0.05, 0.1) is 24.9 Å². The van der Waals surface area contributed by atoms with Crippen LogP contribution in [0.5, 0.6) is 0 Å².